The third-order valence-electron chi connectivity index (χ3n) is 2.71. The van der Waals surface area contributed by atoms with E-state index in [1.54, 1.807) is 12.1 Å². The number of hydrogen-bond acceptors (Lipinski definition) is 4. The molecule has 21 heavy (non-hydrogen) atoms. The third-order valence-corrected chi connectivity index (χ3v) is 3.04. The van der Waals surface area contributed by atoms with Gasteiger partial charge in [-0.3, -0.25) is 9.59 Å². The fourth-order valence-corrected chi connectivity index (χ4v) is 1.85. The first-order chi connectivity index (χ1) is 10.0. The van der Waals surface area contributed by atoms with E-state index in [9.17, 15) is 9.59 Å². The van der Waals surface area contributed by atoms with Crippen molar-refractivity contribution in [1.29, 1.82) is 0 Å². The van der Waals surface area contributed by atoms with Crippen molar-refractivity contribution in [3.05, 3.63) is 52.8 Å². The molecule has 108 valence electrons. The highest BCUT2D eigenvalue weighted by Gasteiger charge is 2.12. The molecule has 0 fully saturated rings. The number of hydrogen-bond donors (Lipinski definition) is 3. The molecule has 0 saturated carbocycles. The van der Waals surface area contributed by atoms with Crippen LogP contribution in [-0.2, 0) is 0 Å². The summed E-state index contributed by atoms with van der Waals surface area (Å²) in [5.41, 5.74) is 6.93. The maximum atomic E-state index is 12.0. The van der Waals surface area contributed by atoms with Crippen molar-refractivity contribution in [1.82, 2.24) is 10.3 Å². The van der Waals surface area contributed by atoms with Crippen molar-refractivity contribution in [2.75, 3.05) is 18.1 Å². The van der Waals surface area contributed by atoms with Crippen LogP contribution in [0, 0.1) is 0 Å². The molecule has 1 aromatic carbocycles. The molecular weight excluding hydrogens is 292 g/mol. The summed E-state index contributed by atoms with van der Waals surface area (Å²) in [4.78, 5) is 27.6. The van der Waals surface area contributed by atoms with Crippen molar-refractivity contribution < 1.29 is 9.59 Å². The van der Waals surface area contributed by atoms with E-state index in [4.69, 9.17) is 17.3 Å². The van der Waals surface area contributed by atoms with Crippen LogP contribution in [0.1, 0.15) is 20.8 Å². The number of anilines is 2. The van der Waals surface area contributed by atoms with E-state index < -0.39 is 5.91 Å². The number of nitrogen functional groups attached to an aromatic ring is 1. The topological polar surface area (TPSA) is 97.1 Å². The van der Waals surface area contributed by atoms with Gasteiger partial charge >= 0.3 is 0 Å². The van der Waals surface area contributed by atoms with Crippen molar-refractivity contribution in [3.8, 4) is 0 Å². The lowest BCUT2D eigenvalue weighted by Gasteiger charge is -2.08. The predicted octanol–water partition coefficient (Wildman–Crippen LogP) is 1.93. The SMILES string of the molecule is CNC(=O)c1cc(NC(=O)c2ccc(N)cn2)ccc1Cl. The number of benzene rings is 1. The predicted molar refractivity (Wildman–Crippen MR) is 81.4 cm³/mol. The Kier molecular flexibility index (Phi) is 4.39. The molecule has 0 bridgehead atoms. The Morgan fingerprint density at radius 1 is 1.19 bits per heavy atom. The Bertz CT molecular complexity index is 686. The molecule has 0 aliphatic carbocycles. The Morgan fingerprint density at radius 2 is 1.95 bits per heavy atom. The Hall–Kier alpha value is -2.60. The molecule has 2 amide bonds. The number of carbonyl (C=O) groups is 2. The minimum atomic E-state index is -0.403. The maximum Gasteiger partial charge on any atom is 0.274 e. The quantitative estimate of drug-likeness (QED) is 0.807. The van der Waals surface area contributed by atoms with E-state index in [1.807, 2.05) is 0 Å². The van der Waals surface area contributed by atoms with Crippen molar-refractivity contribution in [2.45, 2.75) is 0 Å². The lowest BCUT2D eigenvalue weighted by atomic mass is 10.2. The monoisotopic (exact) mass is 304 g/mol. The Labute approximate surface area is 126 Å². The number of rotatable bonds is 3. The molecule has 0 radical (unpaired) electrons. The largest absolute Gasteiger partial charge is 0.397 e. The second-order valence-corrected chi connectivity index (χ2v) is 4.61. The third kappa shape index (κ3) is 3.49. The van der Waals surface area contributed by atoms with Crippen LogP contribution in [0.25, 0.3) is 0 Å². The normalized spacial score (nSPS) is 10.0. The van der Waals surface area contributed by atoms with Crippen LogP contribution < -0.4 is 16.4 Å². The minimum Gasteiger partial charge on any atom is -0.397 e. The summed E-state index contributed by atoms with van der Waals surface area (Å²) < 4.78 is 0. The van der Waals surface area contributed by atoms with Gasteiger partial charge in [0.1, 0.15) is 5.69 Å². The van der Waals surface area contributed by atoms with E-state index in [2.05, 4.69) is 15.6 Å². The van der Waals surface area contributed by atoms with Gasteiger partial charge in [0, 0.05) is 12.7 Å². The van der Waals surface area contributed by atoms with Gasteiger partial charge in [0.15, 0.2) is 0 Å². The fourth-order valence-electron chi connectivity index (χ4n) is 1.65. The highest BCUT2D eigenvalue weighted by molar-refractivity contribution is 6.34. The van der Waals surface area contributed by atoms with Crippen LogP contribution in [-0.4, -0.2) is 23.8 Å². The lowest BCUT2D eigenvalue weighted by molar-refractivity contribution is 0.0961. The summed E-state index contributed by atoms with van der Waals surface area (Å²) in [6.45, 7) is 0. The van der Waals surface area contributed by atoms with Crippen molar-refractivity contribution in [3.63, 3.8) is 0 Å². The Balaban J connectivity index is 2.21. The van der Waals surface area contributed by atoms with Crippen LogP contribution in [0.2, 0.25) is 5.02 Å². The molecule has 7 heteroatoms. The van der Waals surface area contributed by atoms with Gasteiger partial charge < -0.3 is 16.4 Å². The van der Waals surface area contributed by atoms with Crippen LogP contribution in [0.4, 0.5) is 11.4 Å². The van der Waals surface area contributed by atoms with Gasteiger partial charge in [0.25, 0.3) is 11.8 Å². The molecule has 2 rings (SSSR count). The van der Waals surface area contributed by atoms with E-state index in [1.165, 1.54) is 31.4 Å². The van der Waals surface area contributed by atoms with Crippen molar-refractivity contribution >= 4 is 34.8 Å². The highest BCUT2D eigenvalue weighted by atomic mass is 35.5. The lowest BCUT2D eigenvalue weighted by Crippen LogP contribution is -2.19. The zero-order chi connectivity index (χ0) is 15.4. The molecule has 1 aromatic heterocycles. The number of aromatic nitrogens is 1. The minimum absolute atomic E-state index is 0.223. The van der Waals surface area contributed by atoms with Gasteiger partial charge in [-0.15, -0.1) is 0 Å². The zero-order valence-corrected chi connectivity index (χ0v) is 11.9. The molecule has 0 spiro atoms. The second kappa shape index (κ2) is 6.23. The number of nitrogens with zero attached hydrogens (tertiary/aromatic N) is 1. The number of carbonyl (C=O) groups excluding carboxylic acids is 2. The molecule has 6 nitrogen and oxygen atoms in total. The molecule has 0 aliphatic heterocycles. The van der Waals surface area contributed by atoms with Gasteiger partial charge in [-0.05, 0) is 30.3 Å². The Morgan fingerprint density at radius 3 is 2.57 bits per heavy atom. The van der Waals surface area contributed by atoms with Crippen LogP contribution in [0.3, 0.4) is 0 Å². The van der Waals surface area contributed by atoms with Crippen LogP contribution in [0.15, 0.2) is 36.5 Å². The second-order valence-electron chi connectivity index (χ2n) is 4.20. The van der Waals surface area contributed by atoms with Gasteiger partial charge in [0.05, 0.1) is 22.5 Å². The molecule has 1 heterocycles. The molecule has 2 aromatic rings. The summed E-state index contributed by atoms with van der Waals surface area (Å²) >= 11 is 5.94. The van der Waals surface area contributed by atoms with Crippen molar-refractivity contribution in [2.24, 2.45) is 0 Å². The summed E-state index contributed by atoms with van der Waals surface area (Å²) in [6.07, 6.45) is 1.40. The van der Waals surface area contributed by atoms with Gasteiger partial charge in [-0.25, -0.2) is 4.98 Å². The smallest absolute Gasteiger partial charge is 0.274 e. The number of nitrogens with one attached hydrogen (secondary N) is 2. The molecule has 0 aliphatic rings. The number of nitrogens with two attached hydrogens (primary N) is 1. The molecule has 0 atom stereocenters. The summed E-state index contributed by atoms with van der Waals surface area (Å²) in [6, 6.07) is 7.73. The molecule has 0 unspecified atom stereocenters. The van der Waals surface area contributed by atoms with E-state index >= 15 is 0 Å². The average molecular weight is 305 g/mol. The van der Waals surface area contributed by atoms with E-state index in [0.717, 1.165) is 0 Å². The summed E-state index contributed by atoms with van der Waals surface area (Å²) in [5.74, 6) is -0.734. The molecule has 4 N–H and O–H groups in total. The molecule has 0 saturated heterocycles. The zero-order valence-electron chi connectivity index (χ0n) is 11.2. The highest BCUT2D eigenvalue weighted by Crippen LogP contribution is 2.21. The number of halogens is 1. The first-order valence-corrected chi connectivity index (χ1v) is 6.43. The molecular formula is C14H13ClN4O2. The first-order valence-electron chi connectivity index (χ1n) is 6.06. The first kappa shape index (κ1) is 14.8. The number of pyridine rings is 1. The summed E-state index contributed by atoms with van der Waals surface area (Å²) in [5, 5.41) is 5.43. The summed E-state index contributed by atoms with van der Waals surface area (Å²) in [7, 11) is 1.50. The van der Waals surface area contributed by atoms with Crippen LogP contribution in [0.5, 0.6) is 0 Å². The maximum absolute atomic E-state index is 12.0. The fraction of sp³-hybridized carbons (Fsp3) is 0.0714. The average Bonchev–Trinajstić information content (AvgIpc) is 2.49. The van der Waals surface area contributed by atoms with E-state index in [0.29, 0.717) is 16.4 Å². The number of amides is 2. The van der Waals surface area contributed by atoms with Gasteiger partial charge in [-0.1, -0.05) is 11.6 Å². The standard InChI is InChI=1S/C14H13ClN4O2/c1-17-13(20)10-6-9(3-4-11(10)15)19-14(21)12-5-2-8(16)7-18-12/h2-7H,16H2,1H3,(H,17,20)(H,19,21). The van der Waals surface area contributed by atoms with E-state index in [-0.39, 0.29) is 17.2 Å². The van der Waals surface area contributed by atoms with Crippen LogP contribution >= 0.6 is 11.6 Å². The van der Waals surface area contributed by atoms with Gasteiger partial charge in [0.2, 0.25) is 0 Å². The van der Waals surface area contributed by atoms with Gasteiger partial charge in [-0.2, -0.15) is 0 Å².